The van der Waals surface area contributed by atoms with Crippen LogP contribution in [0.1, 0.15) is 55.2 Å². The third-order valence-electron chi connectivity index (χ3n) is 5.86. The minimum Gasteiger partial charge on any atom is -0.287 e. The van der Waals surface area contributed by atoms with Gasteiger partial charge in [-0.15, -0.1) is 0 Å². The summed E-state index contributed by atoms with van der Waals surface area (Å²) in [4.78, 5) is 0. The quantitative estimate of drug-likeness (QED) is 0.132. The van der Waals surface area contributed by atoms with E-state index in [1.165, 1.54) is 16.7 Å². The maximum absolute atomic E-state index is 13.2. The fourth-order valence-corrected chi connectivity index (χ4v) is 5.15. The fourth-order valence-electron chi connectivity index (χ4n) is 3.87. The first kappa shape index (κ1) is 27.4. The van der Waals surface area contributed by atoms with Crippen LogP contribution in [0.15, 0.2) is 91.0 Å². The summed E-state index contributed by atoms with van der Waals surface area (Å²) in [6.07, 6.45) is 8.29. The van der Waals surface area contributed by atoms with Crippen LogP contribution in [0, 0.1) is 0 Å². The van der Waals surface area contributed by atoms with Gasteiger partial charge in [-0.3, -0.25) is 13.6 Å². The number of hydrogen-bond donors (Lipinski definition) is 0. The van der Waals surface area contributed by atoms with Crippen molar-refractivity contribution in [3.05, 3.63) is 108 Å². The molecule has 188 valence electrons. The van der Waals surface area contributed by atoms with Gasteiger partial charge in [0.2, 0.25) is 0 Å². The average Bonchev–Trinajstić information content (AvgIpc) is 2.90. The largest absolute Gasteiger partial charge is 0.474 e. The Hall–Kier alpha value is -2.23. The first-order valence-corrected chi connectivity index (χ1v) is 14.3. The zero-order valence-electron chi connectivity index (χ0n) is 20.7. The Bertz CT molecular complexity index is 836. The lowest BCUT2D eigenvalue weighted by Crippen LogP contribution is -2.05. The van der Waals surface area contributed by atoms with E-state index in [-0.39, 0.29) is 0 Å². The van der Waals surface area contributed by atoms with E-state index >= 15 is 0 Å². The highest BCUT2D eigenvalue weighted by atomic mass is 31.2. The van der Waals surface area contributed by atoms with Gasteiger partial charge >= 0.3 is 7.82 Å². The number of phosphoric ester groups is 1. The molecule has 0 saturated heterocycles. The number of benzene rings is 3. The normalized spacial score (nSPS) is 11.5. The van der Waals surface area contributed by atoms with Crippen molar-refractivity contribution in [2.75, 3.05) is 19.8 Å². The van der Waals surface area contributed by atoms with Crippen LogP contribution in [0.5, 0.6) is 0 Å². The first-order valence-electron chi connectivity index (χ1n) is 12.9. The molecule has 3 rings (SSSR count). The van der Waals surface area contributed by atoms with Crippen molar-refractivity contribution in [1.82, 2.24) is 0 Å². The van der Waals surface area contributed by atoms with Crippen molar-refractivity contribution in [3.8, 4) is 0 Å². The summed E-state index contributed by atoms with van der Waals surface area (Å²) in [5.74, 6) is 0. The van der Waals surface area contributed by atoms with Gasteiger partial charge in [0.15, 0.2) is 0 Å². The van der Waals surface area contributed by atoms with E-state index in [9.17, 15) is 4.57 Å². The van der Waals surface area contributed by atoms with Gasteiger partial charge in [-0.1, -0.05) is 91.0 Å². The van der Waals surface area contributed by atoms with Gasteiger partial charge < -0.3 is 0 Å². The molecule has 0 amide bonds. The molecule has 0 N–H and O–H groups in total. The second kappa shape index (κ2) is 16.4. The summed E-state index contributed by atoms with van der Waals surface area (Å²) < 4.78 is 30.4. The molecule has 0 atom stereocenters. The highest BCUT2D eigenvalue weighted by Gasteiger charge is 2.26. The molecule has 5 heteroatoms. The van der Waals surface area contributed by atoms with Crippen LogP contribution in [0.25, 0.3) is 0 Å². The van der Waals surface area contributed by atoms with Crippen molar-refractivity contribution in [3.63, 3.8) is 0 Å². The van der Waals surface area contributed by atoms with E-state index in [1.807, 2.05) is 18.2 Å². The molecule has 0 unspecified atom stereocenters. The molecule has 0 bridgehead atoms. The van der Waals surface area contributed by atoms with Crippen molar-refractivity contribution in [2.45, 2.75) is 57.8 Å². The molecule has 0 aromatic heterocycles. The summed E-state index contributed by atoms with van der Waals surface area (Å²) in [5, 5.41) is 0. The maximum atomic E-state index is 13.2. The molecule has 3 aromatic rings. The van der Waals surface area contributed by atoms with Gasteiger partial charge in [0.1, 0.15) is 0 Å². The molecule has 4 nitrogen and oxygen atoms in total. The molecule has 0 aliphatic rings. The number of hydrogen-bond acceptors (Lipinski definition) is 4. The summed E-state index contributed by atoms with van der Waals surface area (Å²) in [5.41, 5.74) is 3.92. The minimum absolute atomic E-state index is 0.373. The molecular formula is C30H39O4P. The second-order valence-corrected chi connectivity index (χ2v) is 10.4. The molecule has 0 radical (unpaired) electrons. The Morgan fingerprint density at radius 3 is 1.00 bits per heavy atom. The molecule has 35 heavy (non-hydrogen) atoms. The van der Waals surface area contributed by atoms with Gasteiger partial charge in [0.25, 0.3) is 0 Å². The summed E-state index contributed by atoms with van der Waals surface area (Å²) in [6.45, 7) is 1.12. The fraction of sp³-hybridized carbons (Fsp3) is 0.400. The van der Waals surface area contributed by atoms with E-state index in [2.05, 4.69) is 72.8 Å². The number of aryl methyl sites for hydroxylation is 3. The number of phosphoric acid groups is 1. The van der Waals surface area contributed by atoms with Crippen LogP contribution in [-0.2, 0) is 37.4 Å². The summed E-state index contributed by atoms with van der Waals surface area (Å²) in [7, 11) is -3.56. The van der Waals surface area contributed by atoms with E-state index in [1.54, 1.807) is 0 Å². The monoisotopic (exact) mass is 494 g/mol. The molecular weight excluding hydrogens is 455 g/mol. The van der Waals surface area contributed by atoms with Gasteiger partial charge in [-0.2, -0.15) is 0 Å². The Labute approximate surface area is 211 Å². The zero-order chi connectivity index (χ0) is 24.4. The van der Waals surface area contributed by atoms with Crippen LogP contribution in [-0.4, -0.2) is 19.8 Å². The Morgan fingerprint density at radius 2 is 0.714 bits per heavy atom. The topological polar surface area (TPSA) is 44.8 Å². The highest BCUT2D eigenvalue weighted by Crippen LogP contribution is 2.50. The van der Waals surface area contributed by atoms with E-state index in [0.29, 0.717) is 19.8 Å². The standard InChI is InChI=1S/C30H39O4P/c31-35(32-25-13-10-22-28-16-4-1-5-17-28,33-26-14-11-23-29-18-6-2-7-19-29)34-27-15-12-24-30-20-8-3-9-21-30/h1-9,16-21H,10-15,22-27H2. The highest BCUT2D eigenvalue weighted by molar-refractivity contribution is 7.48. The van der Waals surface area contributed by atoms with E-state index in [4.69, 9.17) is 13.6 Å². The zero-order valence-corrected chi connectivity index (χ0v) is 21.6. The second-order valence-electron chi connectivity index (χ2n) is 8.78. The predicted octanol–water partition coefficient (Wildman–Crippen LogP) is 8.21. The van der Waals surface area contributed by atoms with E-state index in [0.717, 1.165) is 57.8 Å². The lowest BCUT2D eigenvalue weighted by Gasteiger charge is -2.18. The molecule has 0 saturated carbocycles. The Balaban J connectivity index is 1.37. The van der Waals surface area contributed by atoms with Crippen LogP contribution < -0.4 is 0 Å². The Kier molecular flexibility index (Phi) is 12.9. The van der Waals surface area contributed by atoms with Gasteiger partial charge in [-0.25, -0.2) is 4.57 Å². The lowest BCUT2D eigenvalue weighted by molar-refractivity contribution is 0.109. The van der Waals surface area contributed by atoms with Gasteiger partial charge in [0, 0.05) is 0 Å². The summed E-state index contributed by atoms with van der Waals surface area (Å²) >= 11 is 0. The van der Waals surface area contributed by atoms with Crippen LogP contribution in [0.3, 0.4) is 0 Å². The lowest BCUT2D eigenvalue weighted by atomic mass is 10.1. The first-order chi connectivity index (χ1) is 17.2. The van der Waals surface area contributed by atoms with Gasteiger partial charge in [-0.05, 0) is 74.5 Å². The van der Waals surface area contributed by atoms with Crippen LogP contribution in [0.2, 0.25) is 0 Å². The smallest absolute Gasteiger partial charge is 0.287 e. The third-order valence-corrected chi connectivity index (χ3v) is 7.35. The van der Waals surface area contributed by atoms with Crippen LogP contribution in [0.4, 0.5) is 0 Å². The molecule has 0 heterocycles. The molecule has 3 aromatic carbocycles. The molecule has 0 aliphatic carbocycles. The SMILES string of the molecule is O=P(OCCCCc1ccccc1)(OCCCCc1ccccc1)OCCCCc1ccccc1. The van der Waals surface area contributed by atoms with Gasteiger partial charge in [0.05, 0.1) is 19.8 Å². The molecule has 0 spiro atoms. The van der Waals surface area contributed by atoms with E-state index < -0.39 is 7.82 Å². The molecule has 0 aliphatic heterocycles. The van der Waals surface area contributed by atoms with Crippen molar-refractivity contribution in [1.29, 1.82) is 0 Å². The predicted molar refractivity (Wildman–Crippen MR) is 144 cm³/mol. The van der Waals surface area contributed by atoms with Crippen molar-refractivity contribution >= 4 is 7.82 Å². The molecule has 0 fully saturated rings. The maximum Gasteiger partial charge on any atom is 0.474 e. The van der Waals surface area contributed by atoms with Crippen molar-refractivity contribution < 1.29 is 18.1 Å². The van der Waals surface area contributed by atoms with Crippen molar-refractivity contribution in [2.24, 2.45) is 0 Å². The summed E-state index contributed by atoms with van der Waals surface area (Å²) in [6, 6.07) is 31.2. The number of rotatable bonds is 18. The third kappa shape index (κ3) is 11.8. The van der Waals surface area contributed by atoms with Crippen LogP contribution >= 0.6 is 7.82 Å². The average molecular weight is 495 g/mol. The number of unbranched alkanes of at least 4 members (excludes halogenated alkanes) is 3. The minimum atomic E-state index is -3.56. The Morgan fingerprint density at radius 1 is 0.429 bits per heavy atom.